The molecule has 1 N–H and O–H groups in total. The van der Waals surface area contributed by atoms with Gasteiger partial charge in [0.15, 0.2) is 0 Å². The summed E-state index contributed by atoms with van der Waals surface area (Å²) in [6.45, 7) is 4.22. The van der Waals surface area contributed by atoms with Crippen molar-refractivity contribution in [2.45, 2.75) is 26.4 Å². The average molecular weight is 359 g/mol. The predicted molar refractivity (Wildman–Crippen MR) is 96.8 cm³/mol. The SMILES string of the molecule is CCOc1ccccc1CN1C(=O)C(NC(C)=O)c2cc(Cl)ccc21. The van der Waals surface area contributed by atoms with Gasteiger partial charge >= 0.3 is 0 Å². The van der Waals surface area contributed by atoms with Crippen LogP contribution in [0.15, 0.2) is 42.5 Å². The van der Waals surface area contributed by atoms with Gasteiger partial charge in [-0.3, -0.25) is 9.59 Å². The molecule has 0 saturated heterocycles. The van der Waals surface area contributed by atoms with Crippen molar-refractivity contribution in [3.05, 3.63) is 58.6 Å². The van der Waals surface area contributed by atoms with E-state index >= 15 is 0 Å². The Morgan fingerprint density at radius 1 is 1.28 bits per heavy atom. The van der Waals surface area contributed by atoms with Crippen LogP contribution in [0.25, 0.3) is 0 Å². The van der Waals surface area contributed by atoms with E-state index in [1.807, 2.05) is 31.2 Å². The molecule has 2 aromatic rings. The number of nitrogens with zero attached hydrogens (tertiary/aromatic N) is 1. The number of ether oxygens (including phenoxy) is 1. The summed E-state index contributed by atoms with van der Waals surface area (Å²) < 4.78 is 5.65. The van der Waals surface area contributed by atoms with E-state index in [-0.39, 0.29) is 11.8 Å². The number of halogens is 1. The fourth-order valence-corrected chi connectivity index (χ4v) is 3.20. The Bertz CT molecular complexity index is 822. The number of hydrogen-bond donors (Lipinski definition) is 1. The average Bonchev–Trinajstić information content (AvgIpc) is 2.81. The molecule has 2 amide bonds. The van der Waals surface area contributed by atoms with Gasteiger partial charge in [0.05, 0.1) is 13.2 Å². The molecule has 1 aliphatic rings. The Hall–Kier alpha value is -2.53. The van der Waals surface area contributed by atoms with Crippen LogP contribution in [0, 0.1) is 0 Å². The number of hydrogen-bond acceptors (Lipinski definition) is 3. The zero-order chi connectivity index (χ0) is 18.0. The van der Waals surface area contributed by atoms with Crippen LogP contribution in [0.2, 0.25) is 5.02 Å². The fraction of sp³-hybridized carbons (Fsp3) is 0.263. The molecule has 0 bridgehead atoms. The first kappa shape index (κ1) is 17.3. The summed E-state index contributed by atoms with van der Waals surface area (Å²) in [5, 5.41) is 3.24. The fourth-order valence-electron chi connectivity index (χ4n) is 3.02. The van der Waals surface area contributed by atoms with Crippen LogP contribution in [0.4, 0.5) is 5.69 Å². The number of rotatable bonds is 5. The predicted octanol–water partition coefficient (Wildman–Crippen LogP) is 3.46. The Balaban J connectivity index is 1.97. The molecule has 25 heavy (non-hydrogen) atoms. The van der Waals surface area contributed by atoms with Crippen LogP contribution in [0.3, 0.4) is 0 Å². The first-order chi connectivity index (χ1) is 12.0. The van der Waals surface area contributed by atoms with Gasteiger partial charge in [-0.15, -0.1) is 0 Å². The molecule has 0 aromatic heterocycles. The van der Waals surface area contributed by atoms with E-state index in [4.69, 9.17) is 16.3 Å². The summed E-state index contributed by atoms with van der Waals surface area (Å²) in [4.78, 5) is 26.1. The Kier molecular flexibility index (Phi) is 4.95. The lowest BCUT2D eigenvalue weighted by atomic mass is 10.1. The topological polar surface area (TPSA) is 58.6 Å². The van der Waals surface area contributed by atoms with Gasteiger partial charge in [0.1, 0.15) is 11.8 Å². The zero-order valence-electron chi connectivity index (χ0n) is 14.1. The summed E-state index contributed by atoms with van der Waals surface area (Å²) in [5.41, 5.74) is 2.36. The lowest BCUT2D eigenvalue weighted by Gasteiger charge is -2.20. The second-order valence-electron chi connectivity index (χ2n) is 5.80. The van der Waals surface area contributed by atoms with Crippen molar-refractivity contribution in [2.75, 3.05) is 11.5 Å². The third-order valence-electron chi connectivity index (χ3n) is 4.05. The first-order valence-corrected chi connectivity index (χ1v) is 8.47. The molecule has 0 radical (unpaired) electrons. The molecule has 1 atom stereocenters. The van der Waals surface area contributed by atoms with E-state index < -0.39 is 6.04 Å². The van der Waals surface area contributed by atoms with E-state index in [1.165, 1.54) is 6.92 Å². The second kappa shape index (κ2) is 7.15. The molecule has 5 nitrogen and oxygen atoms in total. The van der Waals surface area contributed by atoms with Crippen molar-refractivity contribution >= 4 is 29.1 Å². The van der Waals surface area contributed by atoms with E-state index in [9.17, 15) is 9.59 Å². The minimum absolute atomic E-state index is 0.182. The van der Waals surface area contributed by atoms with E-state index in [2.05, 4.69) is 5.32 Å². The zero-order valence-corrected chi connectivity index (χ0v) is 14.8. The number of anilines is 1. The van der Waals surface area contributed by atoms with Gasteiger partial charge in [-0.05, 0) is 31.2 Å². The molecule has 1 unspecified atom stereocenters. The molecule has 3 rings (SSSR count). The normalized spacial score (nSPS) is 15.9. The molecule has 1 heterocycles. The number of carbonyl (C=O) groups is 2. The minimum atomic E-state index is -0.717. The van der Waals surface area contributed by atoms with E-state index in [0.29, 0.717) is 23.7 Å². The minimum Gasteiger partial charge on any atom is -0.494 e. The summed E-state index contributed by atoms with van der Waals surface area (Å²) in [6.07, 6.45) is 0. The van der Waals surface area contributed by atoms with Crippen LogP contribution < -0.4 is 15.0 Å². The van der Waals surface area contributed by atoms with Crippen LogP contribution in [-0.2, 0) is 16.1 Å². The van der Waals surface area contributed by atoms with Crippen molar-refractivity contribution in [3.63, 3.8) is 0 Å². The van der Waals surface area contributed by atoms with Crippen LogP contribution in [0.5, 0.6) is 5.75 Å². The summed E-state index contributed by atoms with van der Waals surface area (Å²) in [6, 6.07) is 12.2. The molecule has 2 aromatic carbocycles. The molecule has 0 spiro atoms. The van der Waals surface area contributed by atoms with E-state index in [1.54, 1.807) is 23.1 Å². The van der Waals surface area contributed by atoms with E-state index in [0.717, 1.165) is 17.0 Å². The van der Waals surface area contributed by atoms with Gasteiger partial charge in [0.25, 0.3) is 5.91 Å². The monoisotopic (exact) mass is 358 g/mol. The second-order valence-corrected chi connectivity index (χ2v) is 6.24. The first-order valence-electron chi connectivity index (χ1n) is 8.10. The number of fused-ring (bicyclic) bond motifs is 1. The molecular formula is C19H19ClN2O3. The lowest BCUT2D eigenvalue weighted by Crippen LogP contribution is -2.36. The highest BCUT2D eigenvalue weighted by Crippen LogP contribution is 2.39. The maximum atomic E-state index is 12.9. The summed E-state index contributed by atoms with van der Waals surface area (Å²) in [5.74, 6) is 0.302. The van der Waals surface area contributed by atoms with Crippen molar-refractivity contribution in [2.24, 2.45) is 0 Å². The number of nitrogens with one attached hydrogen (secondary N) is 1. The van der Waals surface area contributed by atoms with Crippen LogP contribution in [-0.4, -0.2) is 18.4 Å². The van der Waals surface area contributed by atoms with Gasteiger partial charge in [-0.1, -0.05) is 29.8 Å². The van der Waals surface area contributed by atoms with Crippen LogP contribution >= 0.6 is 11.6 Å². The molecule has 130 valence electrons. The summed E-state index contributed by atoms with van der Waals surface area (Å²) >= 11 is 6.08. The molecule has 6 heteroatoms. The maximum absolute atomic E-state index is 12.9. The third-order valence-corrected chi connectivity index (χ3v) is 4.29. The quantitative estimate of drug-likeness (QED) is 0.890. The van der Waals surface area contributed by atoms with Crippen molar-refractivity contribution in [1.82, 2.24) is 5.32 Å². The van der Waals surface area contributed by atoms with Gasteiger partial charge in [-0.2, -0.15) is 0 Å². The molecule has 0 fully saturated rings. The third kappa shape index (κ3) is 3.46. The molecular weight excluding hydrogens is 340 g/mol. The Morgan fingerprint density at radius 2 is 2.04 bits per heavy atom. The highest BCUT2D eigenvalue weighted by Gasteiger charge is 2.38. The maximum Gasteiger partial charge on any atom is 0.254 e. The molecule has 0 saturated carbocycles. The van der Waals surface area contributed by atoms with Gasteiger partial charge in [0.2, 0.25) is 5.91 Å². The highest BCUT2D eigenvalue weighted by atomic mass is 35.5. The van der Waals surface area contributed by atoms with Crippen LogP contribution in [0.1, 0.15) is 31.0 Å². The lowest BCUT2D eigenvalue weighted by molar-refractivity contribution is -0.126. The van der Waals surface area contributed by atoms with Crippen molar-refractivity contribution < 1.29 is 14.3 Å². The van der Waals surface area contributed by atoms with Gasteiger partial charge < -0.3 is 15.0 Å². The number of para-hydroxylation sites is 1. The standard InChI is InChI=1S/C19H19ClN2O3/c1-3-25-17-7-5-4-6-13(17)11-22-16-9-8-14(20)10-15(16)18(19(22)24)21-12(2)23/h4-10,18H,3,11H2,1-2H3,(H,21,23). The van der Waals surface area contributed by atoms with Crippen molar-refractivity contribution in [3.8, 4) is 5.75 Å². The summed E-state index contributed by atoms with van der Waals surface area (Å²) in [7, 11) is 0. The number of carbonyl (C=O) groups excluding carboxylic acids is 2. The highest BCUT2D eigenvalue weighted by molar-refractivity contribution is 6.31. The van der Waals surface area contributed by atoms with Gasteiger partial charge in [0, 0.05) is 28.8 Å². The number of amides is 2. The number of benzene rings is 2. The smallest absolute Gasteiger partial charge is 0.254 e. The largest absolute Gasteiger partial charge is 0.494 e. The molecule has 1 aliphatic heterocycles. The Morgan fingerprint density at radius 3 is 2.76 bits per heavy atom. The van der Waals surface area contributed by atoms with Crippen molar-refractivity contribution in [1.29, 1.82) is 0 Å². The molecule has 0 aliphatic carbocycles. The van der Waals surface area contributed by atoms with Gasteiger partial charge in [-0.25, -0.2) is 0 Å². The Labute approximate surface area is 151 Å².